The lowest BCUT2D eigenvalue weighted by atomic mass is 10.0. The van der Waals surface area contributed by atoms with Crippen LogP contribution in [0.25, 0.3) is 0 Å². The van der Waals surface area contributed by atoms with Crippen molar-refractivity contribution in [3.05, 3.63) is 60.0 Å². The Morgan fingerprint density at radius 3 is 2.56 bits per heavy atom. The van der Waals surface area contributed by atoms with Crippen molar-refractivity contribution in [1.29, 1.82) is 0 Å². The molecule has 1 aliphatic carbocycles. The van der Waals surface area contributed by atoms with Crippen LogP contribution < -0.4 is 4.90 Å². The van der Waals surface area contributed by atoms with E-state index >= 15 is 0 Å². The maximum Gasteiger partial charge on any atom is 0.232 e. The average Bonchev–Trinajstić information content (AvgIpc) is 3.46. The van der Waals surface area contributed by atoms with Gasteiger partial charge in [0.2, 0.25) is 5.91 Å². The molecule has 0 spiro atoms. The number of rotatable bonds is 4. The zero-order chi connectivity index (χ0) is 17.2. The molecular formula is C20H21FN2O2. The molecule has 130 valence electrons. The predicted molar refractivity (Wildman–Crippen MR) is 92.8 cm³/mol. The number of aromatic nitrogens is 1. The number of ether oxygens (including phenoxy) is 1. The maximum atomic E-state index is 13.3. The molecule has 0 radical (unpaired) electrons. The number of pyridine rings is 1. The van der Waals surface area contributed by atoms with E-state index in [0.29, 0.717) is 19.0 Å². The molecule has 0 bridgehead atoms. The lowest BCUT2D eigenvalue weighted by Gasteiger charge is -2.33. The molecule has 1 saturated carbocycles. The van der Waals surface area contributed by atoms with Gasteiger partial charge < -0.3 is 4.74 Å². The van der Waals surface area contributed by atoms with Crippen LogP contribution in [0.1, 0.15) is 30.7 Å². The number of amides is 1. The van der Waals surface area contributed by atoms with E-state index in [1.165, 1.54) is 17.8 Å². The lowest BCUT2D eigenvalue weighted by molar-refractivity contribution is -0.120. The summed E-state index contributed by atoms with van der Waals surface area (Å²) in [6.07, 6.45) is 3.61. The smallest absolute Gasteiger partial charge is 0.232 e. The van der Waals surface area contributed by atoms with Gasteiger partial charge in [-0.05, 0) is 42.9 Å². The molecule has 0 unspecified atom stereocenters. The van der Waals surface area contributed by atoms with Crippen molar-refractivity contribution in [2.24, 2.45) is 5.92 Å². The Hall–Kier alpha value is -2.27. The molecule has 2 atom stereocenters. The van der Waals surface area contributed by atoms with Crippen LogP contribution in [0.4, 0.5) is 10.2 Å². The first-order chi connectivity index (χ1) is 12.2. The Balaban J connectivity index is 1.57. The number of halogens is 1. The molecule has 4 nitrogen and oxygen atoms in total. The van der Waals surface area contributed by atoms with Crippen LogP contribution in [0.3, 0.4) is 0 Å². The minimum Gasteiger partial charge on any atom is -0.381 e. The fraction of sp³-hybridized carbons (Fsp3) is 0.400. The highest BCUT2D eigenvalue weighted by Crippen LogP contribution is 2.49. The minimum atomic E-state index is -0.392. The van der Waals surface area contributed by atoms with Crippen molar-refractivity contribution in [3.63, 3.8) is 0 Å². The highest BCUT2D eigenvalue weighted by molar-refractivity contribution is 5.97. The van der Waals surface area contributed by atoms with Crippen molar-refractivity contribution in [3.8, 4) is 0 Å². The van der Waals surface area contributed by atoms with Gasteiger partial charge in [-0.15, -0.1) is 0 Å². The SMILES string of the molecule is O=C([C@H]1C[C@H]1c1ccccc1)N(c1ccc(F)cn1)C1CCOCC1. The molecule has 5 heteroatoms. The molecule has 1 aromatic heterocycles. The van der Waals surface area contributed by atoms with E-state index in [1.54, 1.807) is 11.0 Å². The molecule has 0 N–H and O–H groups in total. The van der Waals surface area contributed by atoms with Gasteiger partial charge in [0.25, 0.3) is 0 Å². The van der Waals surface area contributed by atoms with Crippen LogP contribution in [0.15, 0.2) is 48.7 Å². The topological polar surface area (TPSA) is 42.4 Å². The van der Waals surface area contributed by atoms with E-state index in [4.69, 9.17) is 4.74 Å². The van der Waals surface area contributed by atoms with E-state index in [2.05, 4.69) is 17.1 Å². The molecule has 2 aliphatic rings. The fourth-order valence-electron chi connectivity index (χ4n) is 3.65. The third-order valence-corrected chi connectivity index (χ3v) is 5.09. The minimum absolute atomic E-state index is 0.0166. The van der Waals surface area contributed by atoms with Crippen molar-refractivity contribution in [2.45, 2.75) is 31.2 Å². The van der Waals surface area contributed by atoms with Crippen molar-refractivity contribution in [2.75, 3.05) is 18.1 Å². The summed E-state index contributed by atoms with van der Waals surface area (Å²) in [5.41, 5.74) is 1.21. The van der Waals surface area contributed by atoms with Crippen molar-refractivity contribution >= 4 is 11.7 Å². The molecule has 1 saturated heterocycles. The number of carbonyl (C=O) groups excluding carboxylic acids is 1. The summed E-state index contributed by atoms with van der Waals surface area (Å²) >= 11 is 0. The summed E-state index contributed by atoms with van der Waals surface area (Å²) in [6.45, 7) is 1.28. The van der Waals surface area contributed by atoms with Crippen molar-refractivity contribution in [1.82, 2.24) is 4.98 Å². The third-order valence-electron chi connectivity index (χ3n) is 5.09. The monoisotopic (exact) mass is 340 g/mol. The fourth-order valence-corrected chi connectivity index (χ4v) is 3.65. The van der Waals surface area contributed by atoms with Gasteiger partial charge in [0.15, 0.2) is 0 Å². The van der Waals surface area contributed by atoms with Crippen LogP contribution in [-0.2, 0) is 9.53 Å². The summed E-state index contributed by atoms with van der Waals surface area (Å²) < 4.78 is 18.7. The number of benzene rings is 1. The van der Waals surface area contributed by atoms with Crippen LogP contribution in [0, 0.1) is 11.7 Å². The van der Waals surface area contributed by atoms with Gasteiger partial charge in [0, 0.05) is 25.2 Å². The van der Waals surface area contributed by atoms with E-state index < -0.39 is 5.82 Å². The second-order valence-corrected chi connectivity index (χ2v) is 6.75. The molecule has 1 amide bonds. The molecule has 1 aliphatic heterocycles. The van der Waals surface area contributed by atoms with Gasteiger partial charge in [-0.2, -0.15) is 0 Å². The number of anilines is 1. The van der Waals surface area contributed by atoms with Gasteiger partial charge in [-0.1, -0.05) is 30.3 Å². The quantitative estimate of drug-likeness (QED) is 0.855. The van der Waals surface area contributed by atoms with Gasteiger partial charge in [-0.25, -0.2) is 9.37 Å². The Morgan fingerprint density at radius 1 is 1.12 bits per heavy atom. The van der Waals surface area contributed by atoms with E-state index in [-0.39, 0.29) is 23.8 Å². The van der Waals surface area contributed by atoms with Crippen molar-refractivity contribution < 1.29 is 13.9 Å². The summed E-state index contributed by atoms with van der Waals surface area (Å²) in [7, 11) is 0. The van der Waals surface area contributed by atoms with E-state index in [0.717, 1.165) is 19.3 Å². The maximum absolute atomic E-state index is 13.3. The molecule has 2 fully saturated rings. The second kappa shape index (κ2) is 6.92. The Bertz CT molecular complexity index is 729. The number of hydrogen-bond donors (Lipinski definition) is 0. The van der Waals surface area contributed by atoms with E-state index in [9.17, 15) is 9.18 Å². The molecule has 1 aromatic carbocycles. The molecule has 4 rings (SSSR count). The van der Waals surface area contributed by atoms with Crippen LogP contribution in [-0.4, -0.2) is 30.1 Å². The van der Waals surface area contributed by atoms with Crippen LogP contribution in [0.5, 0.6) is 0 Å². The van der Waals surface area contributed by atoms with Gasteiger partial charge in [0.1, 0.15) is 11.6 Å². The first-order valence-electron chi connectivity index (χ1n) is 8.81. The van der Waals surface area contributed by atoms with Gasteiger partial charge in [-0.3, -0.25) is 9.69 Å². The highest BCUT2D eigenvalue weighted by Gasteiger charge is 2.47. The lowest BCUT2D eigenvalue weighted by Crippen LogP contribution is -2.45. The predicted octanol–water partition coefficient (Wildman–Crippen LogP) is 3.54. The summed E-state index contributed by atoms with van der Waals surface area (Å²) in [5.74, 6) is 0.502. The van der Waals surface area contributed by atoms with Crippen LogP contribution >= 0.6 is 0 Å². The van der Waals surface area contributed by atoms with E-state index in [1.807, 2.05) is 18.2 Å². The first-order valence-corrected chi connectivity index (χ1v) is 8.81. The summed E-state index contributed by atoms with van der Waals surface area (Å²) in [4.78, 5) is 19.2. The largest absolute Gasteiger partial charge is 0.381 e. The second-order valence-electron chi connectivity index (χ2n) is 6.75. The average molecular weight is 340 g/mol. The highest BCUT2D eigenvalue weighted by atomic mass is 19.1. The van der Waals surface area contributed by atoms with Gasteiger partial charge in [0.05, 0.1) is 6.20 Å². The normalized spacial score (nSPS) is 23.2. The molecule has 2 aromatic rings. The summed E-state index contributed by atoms with van der Waals surface area (Å²) in [5, 5.41) is 0. The number of carbonyl (C=O) groups is 1. The third kappa shape index (κ3) is 3.42. The molecule has 25 heavy (non-hydrogen) atoms. The Labute approximate surface area is 146 Å². The number of hydrogen-bond acceptors (Lipinski definition) is 3. The van der Waals surface area contributed by atoms with Gasteiger partial charge >= 0.3 is 0 Å². The molecular weight excluding hydrogens is 319 g/mol. The molecule has 2 heterocycles. The Kier molecular flexibility index (Phi) is 4.49. The Morgan fingerprint density at radius 2 is 1.88 bits per heavy atom. The zero-order valence-electron chi connectivity index (χ0n) is 14.0. The van der Waals surface area contributed by atoms with Crippen LogP contribution in [0.2, 0.25) is 0 Å². The number of nitrogens with zero attached hydrogens (tertiary/aromatic N) is 2. The summed E-state index contributed by atoms with van der Waals surface area (Å²) in [6, 6.07) is 13.2. The zero-order valence-corrected chi connectivity index (χ0v) is 14.0. The first kappa shape index (κ1) is 16.2. The standard InChI is InChI=1S/C20H21FN2O2/c21-15-6-7-19(22-13-15)23(16-8-10-25-11-9-16)20(24)18-12-17(18)14-4-2-1-3-5-14/h1-7,13,16-18H,8-12H2/t17-,18-/m0/s1.